The van der Waals surface area contributed by atoms with E-state index in [1.807, 2.05) is 7.05 Å². The van der Waals surface area contributed by atoms with Crippen LogP contribution in [0.2, 0.25) is 0 Å². The van der Waals surface area contributed by atoms with Crippen LogP contribution < -0.4 is 16.6 Å². The van der Waals surface area contributed by atoms with Gasteiger partial charge in [0.1, 0.15) is 5.82 Å². The highest BCUT2D eigenvalue weighted by atomic mass is 16.2. The molecule has 1 aliphatic rings. The second-order valence-electron chi connectivity index (χ2n) is 4.67. The fraction of sp³-hybridized carbons (Fsp3) is 0.545. The first-order valence-electron chi connectivity index (χ1n) is 5.98. The Labute approximate surface area is 102 Å². The van der Waals surface area contributed by atoms with Gasteiger partial charge in [-0.3, -0.25) is 14.3 Å². The van der Waals surface area contributed by atoms with Gasteiger partial charge in [0.25, 0.3) is 5.56 Å². The van der Waals surface area contributed by atoms with Crippen LogP contribution in [0.4, 0.5) is 0 Å². The Morgan fingerprint density at radius 1 is 1.28 bits per heavy atom. The maximum absolute atomic E-state index is 11.9. The third-order valence-electron chi connectivity index (χ3n) is 3.54. The SMILES string of the molecule is Cn1c(C2CCCN2)nc2c1c(=O)[nH]c(=O)n2C. The first-order valence-corrected chi connectivity index (χ1v) is 5.98. The summed E-state index contributed by atoms with van der Waals surface area (Å²) in [7, 11) is 3.42. The van der Waals surface area contributed by atoms with E-state index in [4.69, 9.17) is 0 Å². The Hall–Kier alpha value is -1.89. The van der Waals surface area contributed by atoms with Crippen LogP contribution in [0.15, 0.2) is 9.59 Å². The van der Waals surface area contributed by atoms with Gasteiger partial charge in [-0.1, -0.05) is 0 Å². The molecule has 1 saturated heterocycles. The molecule has 0 bridgehead atoms. The number of rotatable bonds is 1. The van der Waals surface area contributed by atoms with E-state index in [2.05, 4.69) is 15.3 Å². The molecule has 18 heavy (non-hydrogen) atoms. The number of aryl methyl sites for hydroxylation is 2. The summed E-state index contributed by atoms with van der Waals surface area (Å²) in [5.41, 5.74) is 0.0691. The normalized spacial score (nSPS) is 19.8. The Bertz CT molecular complexity index is 717. The molecule has 1 fully saturated rings. The topological polar surface area (TPSA) is 84.7 Å². The van der Waals surface area contributed by atoms with E-state index >= 15 is 0 Å². The van der Waals surface area contributed by atoms with Crippen LogP contribution in [-0.4, -0.2) is 25.6 Å². The maximum atomic E-state index is 11.9. The van der Waals surface area contributed by atoms with E-state index in [0.717, 1.165) is 25.2 Å². The van der Waals surface area contributed by atoms with Gasteiger partial charge in [0, 0.05) is 14.1 Å². The van der Waals surface area contributed by atoms with Gasteiger partial charge >= 0.3 is 5.69 Å². The minimum Gasteiger partial charge on any atom is -0.324 e. The predicted octanol–water partition coefficient (Wildman–Crippen LogP) is -0.615. The molecular weight excluding hydrogens is 234 g/mol. The van der Waals surface area contributed by atoms with Crippen LogP contribution >= 0.6 is 0 Å². The monoisotopic (exact) mass is 249 g/mol. The number of H-pyrrole nitrogens is 1. The highest BCUT2D eigenvalue weighted by Gasteiger charge is 2.23. The molecule has 0 amide bonds. The maximum Gasteiger partial charge on any atom is 0.329 e. The van der Waals surface area contributed by atoms with Gasteiger partial charge in [-0.15, -0.1) is 0 Å². The molecule has 96 valence electrons. The molecule has 7 heteroatoms. The van der Waals surface area contributed by atoms with Gasteiger partial charge in [0.2, 0.25) is 0 Å². The molecule has 0 spiro atoms. The molecule has 0 radical (unpaired) electrons. The predicted molar refractivity (Wildman–Crippen MR) is 66.6 cm³/mol. The lowest BCUT2D eigenvalue weighted by Gasteiger charge is -2.09. The van der Waals surface area contributed by atoms with Crippen LogP contribution in [0.5, 0.6) is 0 Å². The molecule has 7 nitrogen and oxygen atoms in total. The van der Waals surface area contributed by atoms with Crippen molar-refractivity contribution in [2.75, 3.05) is 6.54 Å². The van der Waals surface area contributed by atoms with Crippen molar-refractivity contribution in [3.05, 3.63) is 26.7 Å². The van der Waals surface area contributed by atoms with E-state index in [0.29, 0.717) is 11.2 Å². The van der Waals surface area contributed by atoms with Crippen LogP contribution in [0.3, 0.4) is 0 Å². The summed E-state index contributed by atoms with van der Waals surface area (Å²) < 4.78 is 3.14. The molecule has 2 N–H and O–H groups in total. The summed E-state index contributed by atoms with van der Waals surface area (Å²) in [4.78, 5) is 30.1. The molecule has 0 aromatic carbocycles. The first-order chi connectivity index (χ1) is 8.59. The Morgan fingerprint density at radius 3 is 2.72 bits per heavy atom. The number of aromatic nitrogens is 4. The van der Waals surface area contributed by atoms with Crippen molar-refractivity contribution in [1.29, 1.82) is 0 Å². The van der Waals surface area contributed by atoms with Gasteiger partial charge < -0.3 is 9.88 Å². The molecule has 1 aliphatic heterocycles. The zero-order valence-electron chi connectivity index (χ0n) is 10.4. The van der Waals surface area contributed by atoms with E-state index in [9.17, 15) is 9.59 Å². The summed E-state index contributed by atoms with van der Waals surface area (Å²) in [5, 5.41) is 3.35. The van der Waals surface area contributed by atoms with Gasteiger partial charge in [-0.2, -0.15) is 0 Å². The molecule has 0 aliphatic carbocycles. The van der Waals surface area contributed by atoms with Crippen LogP contribution in [-0.2, 0) is 14.1 Å². The summed E-state index contributed by atoms with van der Waals surface area (Å²) in [6, 6.07) is 0.164. The second kappa shape index (κ2) is 3.81. The Kier molecular flexibility index (Phi) is 2.37. The van der Waals surface area contributed by atoms with Crippen molar-refractivity contribution in [3.8, 4) is 0 Å². The number of aromatic amines is 1. The highest BCUT2D eigenvalue weighted by molar-refractivity contribution is 5.70. The lowest BCUT2D eigenvalue weighted by Crippen LogP contribution is -2.29. The Balaban J connectivity index is 2.34. The minimum atomic E-state index is -0.434. The lowest BCUT2D eigenvalue weighted by molar-refractivity contribution is 0.584. The fourth-order valence-electron chi connectivity index (χ4n) is 2.54. The number of hydrogen-bond acceptors (Lipinski definition) is 4. The molecular formula is C11H15N5O2. The van der Waals surface area contributed by atoms with Crippen LogP contribution in [0, 0.1) is 0 Å². The molecule has 1 atom stereocenters. The third kappa shape index (κ3) is 1.43. The van der Waals surface area contributed by atoms with Crippen LogP contribution in [0.25, 0.3) is 11.2 Å². The van der Waals surface area contributed by atoms with Crippen LogP contribution in [0.1, 0.15) is 24.7 Å². The van der Waals surface area contributed by atoms with Gasteiger partial charge in [0.15, 0.2) is 11.2 Å². The first kappa shape index (κ1) is 11.2. The van der Waals surface area contributed by atoms with Crippen molar-refractivity contribution in [2.45, 2.75) is 18.9 Å². The third-order valence-corrected chi connectivity index (χ3v) is 3.54. The van der Waals surface area contributed by atoms with E-state index in [1.54, 1.807) is 11.6 Å². The molecule has 2 aromatic rings. The van der Waals surface area contributed by atoms with Crippen molar-refractivity contribution in [1.82, 2.24) is 24.4 Å². The van der Waals surface area contributed by atoms with Gasteiger partial charge in [-0.25, -0.2) is 9.78 Å². The lowest BCUT2D eigenvalue weighted by atomic mass is 10.2. The van der Waals surface area contributed by atoms with E-state index < -0.39 is 5.69 Å². The van der Waals surface area contributed by atoms with Gasteiger partial charge in [-0.05, 0) is 19.4 Å². The minimum absolute atomic E-state index is 0.164. The van der Waals surface area contributed by atoms with Crippen molar-refractivity contribution in [3.63, 3.8) is 0 Å². The number of nitrogens with zero attached hydrogens (tertiary/aromatic N) is 3. The van der Waals surface area contributed by atoms with Crippen molar-refractivity contribution >= 4 is 11.2 Å². The fourth-order valence-corrected chi connectivity index (χ4v) is 2.54. The standard InChI is InChI=1S/C11H15N5O2/c1-15-7-9(16(2)11(18)14-10(7)17)13-8(15)6-4-3-5-12-6/h6,12H,3-5H2,1-2H3,(H,14,17,18). The Morgan fingerprint density at radius 2 is 2.06 bits per heavy atom. The summed E-state index contributed by atoms with van der Waals surface area (Å²) in [5.74, 6) is 0.814. The largest absolute Gasteiger partial charge is 0.329 e. The average Bonchev–Trinajstić information content (AvgIpc) is 2.93. The van der Waals surface area contributed by atoms with E-state index in [1.165, 1.54) is 4.57 Å². The second-order valence-corrected chi connectivity index (χ2v) is 4.67. The van der Waals surface area contributed by atoms with Gasteiger partial charge in [0.05, 0.1) is 6.04 Å². The number of nitrogens with one attached hydrogen (secondary N) is 2. The number of imidazole rings is 1. The van der Waals surface area contributed by atoms with Crippen molar-refractivity contribution < 1.29 is 0 Å². The molecule has 3 heterocycles. The molecule has 3 rings (SSSR count). The zero-order valence-corrected chi connectivity index (χ0v) is 10.4. The smallest absolute Gasteiger partial charge is 0.324 e. The molecule has 1 unspecified atom stereocenters. The molecule has 0 saturated carbocycles. The zero-order chi connectivity index (χ0) is 12.9. The van der Waals surface area contributed by atoms with Crippen molar-refractivity contribution in [2.24, 2.45) is 14.1 Å². The summed E-state index contributed by atoms with van der Waals surface area (Å²) in [6.07, 6.45) is 2.10. The number of fused-ring (bicyclic) bond motifs is 1. The quantitative estimate of drug-likeness (QED) is 0.705. The average molecular weight is 249 g/mol. The highest BCUT2D eigenvalue weighted by Crippen LogP contribution is 2.23. The van der Waals surface area contributed by atoms with E-state index in [-0.39, 0.29) is 11.6 Å². The molecule has 2 aromatic heterocycles. The summed E-state index contributed by atoms with van der Waals surface area (Å²) >= 11 is 0. The number of hydrogen-bond donors (Lipinski definition) is 2. The summed E-state index contributed by atoms with van der Waals surface area (Å²) in [6.45, 7) is 0.961.